The van der Waals surface area contributed by atoms with Crippen molar-refractivity contribution in [2.45, 2.75) is 45.4 Å². The second kappa shape index (κ2) is 13.2. The Morgan fingerprint density at radius 2 is 2.04 bits per heavy atom. The number of ether oxygens (including phenoxy) is 2. The highest BCUT2D eigenvalue weighted by Crippen LogP contribution is 2.44. The van der Waals surface area contributed by atoms with E-state index in [0.29, 0.717) is 5.41 Å². The molecule has 6 heteroatoms. The maximum atomic E-state index is 5.29. The molecule has 2 rings (SSSR count). The standard InChI is InChI=1S/C21H35N3O2.HI/c1-4-22-20(24-17-21(11-7-12-21)13-15-25-2)23-14-6-9-18-8-5-10-19(16-18)26-3;/h5,8,10,16H,4,6-7,9,11-15,17H2,1-3H3,(H2,22,23,24);1H. The van der Waals surface area contributed by atoms with Gasteiger partial charge in [-0.1, -0.05) is 18.6 Å². The molecule has 2 N–H and O–H groups in total. The molecule has 0 atom stereocenters. The summed E-state index contributed by atoms with van der Waals surface area (Å²) < 4.78 is 10.6. The van der Waals surface area contributed by atoms with Crippen LogP contribution in [0.25, 0.3) is 0 Å². The molecule has 1 aliphatic rings. The van der Waals surface area contributed by atoms with Gasteiger partial charge in [0.25, 0.3) is 0 Å². The van der Waals surface area contributed by atoms with Crippen molar-refractivity contribution in [3.8, 4) is 5.75 Å². The molecule has 5 nitrogen and oxygen atoms in total. The lowest BCUT2D eigenvalue weighted by Crippen LogP contribution is -2.40. The maximum Gasteiger partial charge on any atom is 0.191 e. The second-order valence-electron chi connectivity index (χ2n) is 7.17. The molecule has 0 aromatic heterocycles. The molecule has 0 amide bonds. The predicted octanol–water partition coefficient (Wildman–Crippen LogP) is 4.01. The van der Waals surface area contributed by atoms with Crippen molar-refractivity contribution in [3.63, 3.8) is 0 Å². The third-order valence-corrected chi connectivity index (χ3v) is 5.24. The van der Waals surface area contributed by atoms with Crippen molar-refractivity contribution in [1.29, 1.82) is 0 Å². The van der Waals surface area contributed by atoms with Crippen molar-refractivity contribution >= 4 is 29.9 Å². The Morgan fingerprint density at radius 1 is 1.22 bits per heavy atom. The van der Waals surface area contributed by atoms with Crippen LogP contribution in [0.4, 0.5) is 0 Å². The molecule has 0 spiro atoms. The molecular formula is C21H36IN3O2. The molecule has 1 aromatic rings. The number of methoxy groups -OCH3 is 2. The quantitative estimate of drug-likeness (QED) is 0.214. The Hall–Kier alpha value is -1.02. The zero-order valence-electron chi connectivity index (χ0n) is 17.1. The van der Waals surface area contributed by atoms with Crippen LogP contribution in [0.3, 0.4) is 0 Å². The SMILES string of the molecule is CCNC(=NCC1(CCOC)CCC1)NCCCc1cccc(OC)c1.I. The van der Waals surface area contributed by atoms with E-state index in [0.717, 1.165) is 57.2 Å². The Labute approximate surface area is 181 Å². The van der Waals surface area contributed by atoms with Crippen LogP contribution in [0.15, 0.2) is 29.3 Å². The maximum absolute atomic E-state index is 5.29. The highest BCUT2D eigenvalue weighted by Gasteiger charge is 2.36. The van der Waals surface area contributed by atoms with Crippen LogP contribution in [0.1, 0.15) is 44.6 Å². The van der Waals surface area contributed by atoms with Gasteiger partial charge in [0.2, 0.25) is 0 Å². The first-order valence-corrected chi connectivity index (χ1v) is 9.85. The highest BCUT2D eigenvalue weighted by molar-refractivity contribution is 14.0. The van der Waals surface area contributed by atoms with Gasteiger partial charge in [-0.05, 0) is 62.1 Å². The normalized spacial score (nSPS) is 15.4. The smallest absolute Gasteiger partial charge is 0.191 e. The topological polar surface area (TPSA) is 54.9 Å². The van der Waals surface area contributed by atoms with Crippen molar-refractivity contribution in [1.82, 2.24) is 10.6 Å². The Balaban J connectivity index is 0.00000364. The zero-order chi connectivity index (χ0) is 18.7. The zero-order valence-corrected chi connectivity index (χ0v) is 19.4. The summed E-state index contributed by atoms with van der Waals surface area (Å²) in [6.07, 6.45) is 7.07. The minimum absolute atomic E-state index is 0. The van der Waals surface area contributed by atoms with E-state index in [1.54, 1.807) is 14.2 Å². The van der Waals surface area contributed by atoms with E-state index in [9.17, 15) is 0 Å². The third kappa shape index (κ3) is 8.25. The Kier molecular flexibility index (Phi) is 11.7. The van der Waals surface area contributed by atoms with Crippen molar-refractivity contribution in [2.24, 2.45) is 10.4 Å². The number of aryl methyl sites for hydroxylation is 1. The van der Waals surface area contributed by atoms with Gasteiger partial charge in [0.15, 0.2) is 5.96 Å². The van der Waals surface area contributed by atoms with Crippen LogP contribution in [0.5, 0.6) is 5.75 Å². The number of halogens is 1. The number of guanidine groups is 1. The van der Waals surface area contributed by atoms with Gasteiger partial charge < -0.3 is 20.1 Å². The molecule has 1 fully saturated rings. The fraction of sp³-hybridized carbons (Fsp3) is 0.667. The lowest BCUT2D eigenvalue weighted by atomic mass is 9.67. The molecule has 0 radical (unpaired) electrons. The van der Waals surface area contributed by atoms with Crippen LogP contribution in [0, 0.1) is 5.41 Å². The Morgan fingerprint density at radius 3 is 2.67 bits per heavy atom. The van der Waals surface area contributed by atoms with Gasteiger partial charge in [0, 0.05) is 33.4 Å². The number of nitrogens with one attached hydrogen (secondary N) is 2. The summed E-state index contributed by atoms with van der Waals surface area (Å²) in [6, 6.07) is 8.29. The van der Waals surface area contributed by atoms with Crippen LogP contribution >= 0.6 is 24.0 Å². The monoisotopic (exact) mass is 489 g/mol. The summed E-state index contributed by atoms with van der Waals surface area (Å²) in [6.45, 7) is 5.62. The van der Waals surface area contributed by atoms with Crippen LogP contribution < -0.4 is 15.4 Å². The third-order valence-electron chi connectivity index (χ3n) is 5.24. The molecule has 1 aliphatic carbocycles. The van der Waals surface area contributed by atoms with E-state index in [2.05, 4.69) is 29.7 Å². The van der Waals surface area contributed by atoms with Gasteiger partial charge >= 0.3 is 0 Å². The summed E-state index contributed by atoms with van der Waals surface area (Å²) >= 11 is 0. The van der Waals surface area contributed by atoms with Crippen molar-refractivity contribution in [2.75, 3.05) is 40.5 Å². The number of aliphatic imine (C=N–C) groups is 1. The van der Waals surface area contributed by atoms with Crippen LogP contribution in [-0.2, 0) is 11.2 Å². The average molecular weight is 489 g/mol. The fourth-order valence-electron chi connectivity index (χ4n) is 3.40. The van der Waals surface area contributed by atoms with E-state index >= 15 is 0 Å². The summed E-state index contributed by atoms with van der Waals surface area (Å²) in [5.41, 5.74) is 1.67. The van der Waals surface area contributed by atoms with Gasteiger partial charge in [-0.25, -0.2) is 0 Å². The summed E-state index contributed by atoms with van der Waals surface area (Å²) in [7, 11) is 3.49. The van der Waals surface area contributed by atoms with Crippen LogP contribution in [-0.4, -0.2) is 46.4 Å². The first-order valence-electron chi connectivity index (χ1n) is 9.85. The Bertz CT molecular complexity index is 562. The first kappa shape index (κ1) is 24.0. The fourth-order valence-corrected chi connectivity index (χ4v) is 3.40. The van der Waals surface area contributed by atoms with Crippen molar-refractivity contribution < 1.29 is 9.47 Å². The largest absolute Gasteiger partial charge is 0.497 e. The molecule has 0 bridgehead atoms. The van der Waals surface area contributed by atoms with Crippen molar-refractivity contribution in [3.05, 3.63) is 29.8 Å². The molecule has 0 aliphatic heterocycles. The van der Waals surface area contributed by atoms with Gasteiger partial charge in [-0.2, -0.15) is 0 Å². The summed E-state index contributed by atoms with van der Waals surface area (Å²) in [4.78, 5) is 4.85. The predicted molar refractivity (Wildman–Crippen MR) is 123 cm³/mol. The molecule has 0 heterocycles. The second-order valence-corrected chi connectivity index (χ2v) is 7.17. The number of hydrogen-bond donors (Lipinski definition) is 2. The average Bonchev–Trinajstić information content (AvgIpc) is 2.64. The molecular weight excluding hydrogens is 453 g/mol. The molecule has 27 heavy (non-hydrogen) atoms. The molecule has 1 aromatic carbocycles. The number of hydrogen-bond acceptors (Lipinski definition) is 3. The summed E-state index contributed by atoms with van der Waals surface area (Å²) in [5.74, 6) is 1.86. The van der Waals surface area contributed by atoms with E-state index in [1.807, 2.05) is 12.1 Å². The van der Waals surface area contributed by atoms with Gasteiger partial charge in [0.1, 0.15) is 5.75 Å². The van der Waals surface area contributed by atoms with E-state index < -0.39 is 0 Å². The summed E-state index contributed by atoms with van der Waals surface area (Å²) in [5, 5.41) is 6.84. The number of rotatable bonds is 11. The molecule has 0 unspecified atom stereocenters. The van der Waals surface area contributed by atoms with Gasteiger partial charge in [-0.3, -0.25) is 4.99 Å². The van der Waals surface area contributed by atoms with E-state index in [1.165, 1.54) is 24.8 Å². The lowest BCUT2D eigenvalue weighted by Gasteiger charge is -2.40. The molecule has 154 valence electrons. The minimum Gasteiger partial charge on any atom is -0.497 e. The molecule has 0 saturated heterocycles. The number of benzene rings is 1. The molecule has 1 saturated carbocycles. The van der Waals surface area contributed by atoms with Crippen LogP contribution in [0.2, 0.25) is 0 Å². The van der Waals surface area contributed by atoms with Gasteiger partial charge in [0.05, 0.1) is 7.11 Å². The number of nitrogens with zero attached hydrogens (tertiary/aromatic N) is 1. The highest BCUT2D eigenvalue weighted by atomic mass is 127. The lowest BCUT2D eigenvalue weighted by molar-refractivity contribution is 0.0778. The minimum atomic E-state index is 0. The van der Waals surface area contributed by atoms with Gasteiger partial charge in [-0.15, -0.1) is 24.0 Å². The van der Waals surface area contributed by atoms with E-state index in [-0.39, 0.29) is 24.0 Å². The first-order chi connectivity index (χ1) is 12.7. The van der Waals surface area contributed by atoms with E-state index in [4.69, 9.17) is 14.5 Å².